The van der Waals surface area contributed by atoms with Gasteiger partial charge >= 0.3 is 0 Å². The number of aryl methyl sites for hydroxylation is 2. The molecule has 0 aliphatic rings. The van der Waals surface area contributed by atoms with Gasteiger partial charge in [0.05, 0.1) is 5.52 Å². The molecule has 0 aliphatic heterocycles. The summed E-state index contributed by atoms with van der Waals surface area (Å²) in [5.74, 6) is 0.519. The number of fused-ring (bicyclic) bond motifs is 1. The zero-order chi connectivity index (χ0) is 21.5. The van der Waals surface area contributed by atoms with Crippen molar-refractivity contribution < 1.29 is 12.8 Å². The summed E-state index contributed by atoms with van der Waals surface area (Å²) in [7, 11) is -3.90. The molecule has 0 fully saturated rings. The number of H-pyrrole nitrogens is 1. The molecule has 4 N–H and O–H groups in total. The van der Waals surface area contributed by atoms with Crippen molar-refractivity contribution in [2.75, 3.05) is 5.32 Å². The van der Waals surface area contributed by atoms with Crippen molar-refractivity contribution in [3.05, 3.63) is 65.2 Å². The van der Waals surface area contributed by atoms with Gasteiger partial charge < -0.3 is 10.3 Å². The third kappa shape index (κ3) is 3.74. The molecule has 0 aliphatic carbocycles. The molecule has 0 unspecified atom stereocenters. The van der Waals surface area contributed by atoms with Crippen LogP contribution >= 0.6 is 0 Å². The predicted molar refractivity (Wildman–Crippen MR) is 112 cm³/mol. The largest absolute Gasteiger partial charge is 0.364 e. The number of hydrogen-bond acceptors (Lipinski definition) is 6. The highest BCUT2D eigenvalue weighted by Crippen LogP contribution is 2.33. The van der Waals surface area contributed by atoms with E-state index in [9.17, 15) is 12.8 Å². The summed E-state index contributed by atoms with van der Waals surface area (Å²) in [6, 6.07) is 11.1. The Kier molecular flexibility index (Phi) is 4.96. The molecular weight excluding hydrogens is 407 g/mol. The number of anilines is 1. The molecule has 0 saturated heterocycles. The van der Waals surface area contributed by atoms with Crippen LogP contribution in [0.4, 0.5) is 10.2 Å². The molecular formula is C20H19FN6O2S. The molecule has 30 heavy (non-hydrogen) atoms. The van der Waals surface area contributed by atoms with Gasteiger partial charge in [0.25, 0.3) is 0 Å². The van der Waals surface area contributed by atoms with Crippen molar-refractivity contribution in [2.24, 2.45) is 5.14 Å². The van der Waals surface area contributed by atoms with Gasteiger partial charge in [-0.15, -0.1) is 10.2 Å². The van der Waals surface area contributed by atoms with E-state index in [0.29, 0.717) is 46.0 Å². The topological polar surface area (TPSA) is 127 Å². The Morgan fingerprint density at radius 2 is 1.90 bits per heavy atom. The van der Waals surface area contributed by atoms with Crippen LogP contribution in [0.2, 0.25) is 0 Å². The smallest absolute Gasteiger partial charge is 0.240 e. The van der Waals surface area contributed by atoms with E-state index < -0.39 is 10.0 Å². The Morgan fingerprint density at radius 3 is 2.63 bits per heavy atom. The zero-order valence-corrected chi connectivity index (χ0v) is 17.1. The second kappa shape index (κ2) is 7.47. The van der Waals surface area contributed by atoms with Crippen LogP contribution in [0.1, 0.15) is 17.0 Å². The van der Waals surface area contributed by atoms with E-state index in [4.69, 9.17) is 5.14 Å². The second-order valence-corrected chi connectivity index (χ2v) is 8.43. The lowest BCUT2D eigenvalue weighted by Gasteiger charge is -2.09. The van der Waals surface area contributed by atoms with Gasteiger partial charge in [0.1, 0.15) is 16.4 Å². The molecule has 0 amide bonds. The molecule has 4 aromatic rings. The Hall–Kier alpha value is -3.37. The molecule has 0 atom stereocenters. The quantitative estimate of drug-likeness (QED) is 0.450. The van der Waals surface area contributed by atoms with Crippen LogP contribution in [-0.2, 0) is 16.6 Å². The summed E-state index contributed by atoms with van der Waals surface area (Å²) >= 11 is 0. The molecule has 10 heteroatoms. The Morgan fingerprint density at radius 1 is 1.13 bits per heavy atom. The van der Waals surface area contributed by atoms with Crippen LogP contribution in [0.15, 0.2) is 47.4 Å². The van der Waals surface area contributed by atoms with E-state index in [0.717, 1.165) is 5.56 Å². The van der Waals surface area contributed by atoms with E-state index in [1.807, 2.05) is 0 Å². The highest BCUT2D eigenvalue weighted by molar-refractivity contribution is 7.89. The number of halogens is 1. The Balaban J connectivity index is 1.76. The third-order valence-electron chi connectivity index (χ3n) is 4.72. The average Bonchev–Trinajstić information content (AvgIpc) is 3.02. The van der Waals surface area contributed by atoms with Gasteiger partial charge in [-0.1, -0.05) is 24.3 Å². The normalized spacial score (nSPS) is 11.7. The molecule has 0 spiro atoms. The SMILES string of the molecule is Cc1nnc(-c2c(C)[nH]c3c(S(N)(=O)=O)cccc23)nc1NCc1cccc(F)c1. The number of rotatable bonds is 5. The van der Waals surface area contributed by atoms with Gasteiger partial charge in [-0.3, -0.25) is 0 Å². The summed E-state index contributed by atoms with van der Waals surface area (Å²) in [6.45, 7) is 3.92. The number of aromatic nitrogens is 4. The van der Waals surface area contributed by atoms with Crippen LogP contribution < -0.4 is 10.5 Å². The van der Waals surface area contributed by atoms with Crippen molar-refractivity contribution in [1.29, 1.82) is 0 Å². The van der Waals surface area contributed by atoms with Gasteiger partial charge in [-0.2, -0.15) is 0 Å². The first-order valence-electron chi connectivity index (χ1n) is 9.08. The monoisotopic (exact) mass is 426 g/mol. The lowest BCUT2D eigenvalue weighted by atomic mass is 10.1. The fourth-order valence-corrected chi connectivity index (χ4v) is 4.04. The van der Waals surface area contributed by atoms with Crippen LogP contribution in [0, 0.1) is 19.7 Å². The summed E-state index contributed by atoms with van der Waals surface area (Å²) in [6.07, 6.45) is 0. The van der Waals surface area contributed by atoms with Gasteiger partial charge in [0, 0.05) is 23.2 Å². The molecule has 2 aromatic carbocycles. The van der Waals surface area contributed by atoms with E-state index in [2.05, 4.69) is 25.5 Å². The first kappa shape index (κ1) is 19.9. The maximum Gasteiger partial charge on any atom is 0.240 e. The van der Waals surface area contributed by atoms with Gasteiger partial charge in [0.15, 0.2) is 11.6 Å². The minimum absolute atomic E-state index is 0.00104. The van der Waals surface area contributed by atoms with Crippen molar-refractivity contribution in [3.63, 3.8) is 0 Å². The number of sulfonamides is 1. The molecule has 2 aromatic heterocycles. The number of nitrogens with one attached hydrogen (secondary N) is 2. The van der Waals surface area contributed by atoms with Gasteiger partial charge in [0.2, 0.25) is 10.0 Å². The summed E-state index contributed by atoms with van der Waals surface area (Å²) < 4.78 is 37.3. The van der Waals surface area contributed by atoms with Crippen molar-refractivity contribution >= 4 is 26.7 Å². The first-order chi connectivity index (χ1) is 14.2. The fraction of sp³-hybridized carbons (Fsp3) is 0.150. The lowest BCUT2D eigenvalue weighted by Crippen LogP contribution is -2.12. The second-order valence-electron chi connectivity index (χ2n) is 6.90. The zero-order valence-electron chi connectivity index (χ0n) is 16.3. The number of para-hydroxylation sites is 1. The number of benzene rings is 2. The number of nitrogens with zero attached hydrogens (tertiary/aromatic N) is 3. The Bertz CT molecular complexity index is 1370. The number of primary sulfonamides is 1. The molecule has 4 rings (SSSR count). The highest BCUT2D eigenvalue weighted by atomic mass is 32.2. The maximum absolute atomic E-state index is 13.4. The molecule has 0 radical (unpaired) electrons. The standard InChI is InChI=1S/C20H19FN6O2S/c1-11-17(15-7-4-8-16(18(15)24-11)30(22,28)29)20-25-19(12(2)26-27-20)23-10-13-5-3-6-14(21)9-13/h3-9,24H,10H2,1-2H3,(H2,22,28,29)(H,23,25,27). The lowest BCUT2D eigenvalue weighted by molar-refractivity contribution is 0.598. The molecule has 154 valence electrons. The minimum atomic E-state index is -3.90. The molecule has 0 saturated carbocycles. The van der Waals surface area contributed by atoms with Crippen molar-refractivity contribution in [3.8, 4) is 11.4 Å². The fourth-order valence-electron chi connectivity index (χ4n) is 3.33. The highest BCUT2D eigenvalue weighted by Gasteiger charge is 2.20. The number of hydrogen-bond donors (Lipinski definition) is 3. The van der Waals surface area contributed by atoms with Crippen LogP contribution in [-0.4, -0.2) is 28.6 Å². The number of aromatic amines is 1. The summed E-state index contributed by atoms with van der Waals surface area (Å²) in [4.78, 5) is 7.64. The van der Waals surface area contributed by atoms with Crippen LogP contribution in [0.3, 0.4) is 0 Å². The van der Waals surface area contributed by atoms with Gasteiger partial charge in [-0.05, 0) is 37.6 Å². The summed E-state index contributed by atoms with van der Waals surface area (Å²) in [5.41, 5.74) is 3.05. The molecule has 2 heterocycles. The van der Waals surface area contributed by atoms with E-state index in [1.165, 1.54) is 18.2 Å². The van der Waals surface area contributed by atoms with Crippen molar-refractivity contribution in [2.45, 2.75) is 25.3 Å². The van der Waals surface area contributed by atoms with Gasteiger partial charge in [-0.25, -0.2) is 22.9 Å². The third-order valence-corrected chi connectivity index (χ3v) is 5.67. The van der Waals surface area contributed by atoms with Crippen molar-refractivity contribution in [1.82, 2.24) is 20.2 Å². The molecule has 8 nitrogen and oxygen atoms in total. The maximum atomic E-state index is 13.4. The van der Waals surface area contributed by atoms with E-state index >= 15 is 0 Å². The minimum Gasteiger partial charge on any atom is -0.364 e. The Labute approximate surface area is 172 Å². The summed E-state index contributed by atoms with van der Waals surface area (Å²) in [5, 5.41) is 17.5. The van der Waals surface area contributed by atoms with Crippen LogP contribution in [0.5, 0.6) is 0 Å². The first-order valence-corrected chi connectivity index (χ1v) is 10.6. The van der Waals surface area contributed by atoms with E-state index in [1.54, 1.807) is 38.1 Å². The average molecular weight is 426 g/mol. The number of nitrogens with two attached hydrogens (primary N) is 1. The molecule has 0 bridgehead atoms. The predicted octanol–water partition coefficient (Wildman–Crippen LogP) is 3.04. The van der Waals surface area contributed by atoms with E-state index in [-0.39, 0.29) is 10.7 Å². The van der Waals surface area contributed by atoms with Crippen LogP contribution in [0.25, 0.3) is 22.3 Å².